The molecule has 2 N–H and O–H groups in total. The minimum atomic E-state index is -1.35. The number of hydrogen-bond donors (Lipinski definition) is 2. The van der Waals surface area contributed by atoms with Crippen LogP contribution in [0.3, 0.4) is 0 Å². The first-order valence-electron chi connectivity index (χ1n) is 11.3. The quantitative estimate of drug-likeness (QED) is 0.223. The summed E-state index contributed by atoms with van der Waals surface area (Å²) in [5, 5.41) is 30.5. The normalized spacial score (nSPS) is 16.6. The number of para-hydroxylation sites is 1. The lowest BCUT2D eigenvalue weighted by atomic mass is 10.1. The van der Waals surface area contributed by atoms with E-state index >= 15 is 0 Å². The molecular weight excluding hydrogens is 478 g/mol. The van der Waals surface area contributed by atoms with Gasteiger partial charge in [-0.3, -0.25) is 0 Å². The van der Waals surface area contributed by atoms with Crippen molar-refractivity contribution < 1.29 is 24.3 Å². The SMILES string of the molecule is Cc1n(C)nc([S-])[n+]1-c1cccc(NCOc2cccc(N3c4ccccc4C(O)C3C(=O)[O-])c2)c1. The van der Waals surface area contributed by atoms with Gasteiger partial charge in [-0.05, 0) is 30.3 Å². The van der Waals surface area contributed by atoms with Crippen LogP contribution in [-0.2, 0) is 24.5 Å². The number of carboxylic acid groups (broad SMARTS) is 1. The van der Waals surface area contributed by atoms with Crippen LogP contribution in [0.4, 0.5) is 17.1 Å². The zero-order chi connectivity index (χ0) is 25.4. The third kappa shape index (κ3) is 4.21. The number of benzene rings is 3. The second-order valence-corrected chi connectivity index (χ2v) is 8.80. The maximum absolute atomic E-state index is 11.9. The van der Waals surface area contributed by atoms with Gasteiger partial charge in [0, 0.05) is 46.8 Å². The van der Waals surface area contributed by atoms with Crippen molar-refractivity contribution in [2.75, 3.05) is 16.9 Å². The molecule has 2 atom stereocenters. The van der Waals surface area contributed by atoms with E-state index in [1.807, 2.05) is 42.8 Å². The highest BCUT2D eigenvalue weighted by molar-refractivity contribution is 7.58. The monoisotopic (exact) mass is 502 g/mol. The molecule has 2 heterocycles. The molecule has 1 aliphatic rings. The zero-order valence-corrected chi connectivity index (χ0v) is 20.5. The maximum Gasteiger partial charge on any atom is 0.236 e. The minimum Gasteiger partial charge on any atom is -0.702 e. The fraction of sp³-hybridized carbons (Fsp3) is 0.192. The van der Waals surface area contributed by atoms with Crippen molar-refractivity contribution in [2.45, 2.75) is 24.2 Å². The van der Waals surface area contributed by atoms with E-state index in [0.717, 1.165) is 17.2 Å². The Morgan fingerprint density at radius 3 is 2.69 bits per heavy atom. The van der Waals surface area contributed by atoms with Gasteiger partial charge in [0.25, 0.3) is 0 Å². The molecule has 0 aliphatic carbocycles. The van der Waals surface area contributed by atoms with E-state index < -0.39 is 18.1 Å². The van der Waals surface area contributed by atoms with Crippen molar-refractivity contribution in [2.24, 2.45) is 7.05 Å². The predicted molar refractivity (Wildman–Crippen MR) is 133 cm³/mol. The van der Waals surface area contributed by atoms with Crippen molar-refractivity contribution in [1.82, 2.24) is 9.78 Å². The van der Waals surface area contributed by atoms with Crippen LogP contribution in [0.5, 0.6) is 5.75 Å². The van der Waals surface area contributed by atoms with E-state index in [9.17, 15) is 15.0 Å². The molecule has 184 valence electrons. The van der Waals surface area contributed by atoms with Crippen LogP contribution in [-0.4, -0.2) is 33.6 Å². The molecule has 4 aromatic rings. The molecule has 36 heavy (non-hydrogen) atoms. The number of nitrogens with one attached hydrogen (secondary N) is 1. The summed E-state index contributed by atoms with van der Waals surface area (Å²) in [6, 6.07) is 20.6. The van der Waals surface area contributed by atoms with Crippen LogP contribution in [0.25, 0.3) is 5.69 Å². The highest BCUT2D eigenvalue weighted by Crippen LogP contribution is 2.44. The van der Waals surface area contributed by atoms with Gasteiger partial charge in [-0.2, -0.15) is 0 Å². The smallest absolute Gasteiger partial charge is 0.236 e. The lowest BCUT2D eigenvalue weighted by molar-refractivity contribution is -0.643. The molecular formula is C26H24N5O4S-. The van der Waals surface area contributed by atoms with Crippen LogP contribution < -0.4 is 24.6 Å². The second-order valence-electron chi connectivity index (χ2n) is 8.44. The van der Waals surface area contributed by atoms with E-state index in [1.165, 1.54) is 0 Å². The Labute approximate surface area is 213 Å². The molecule has 0 bridgehead atoms. The molecule has 3 aromatic carbocycles. The summed E-state index contributed by atoms with van der Waals surface area (Å²) in [7, 11) is 1.85. The molecule has 0 saturated carbocycles. The summed E-state index contributed by atoms with van der Waals surface area (Å²) >= 11 is 5.38. The number of aryl methyl sites for hydroxylation is 1. The van der Waals surface area contributed by atoms with Gasteiger partial charge in [-0.1, -0.05) is 30.3 Å². The van der Waals surface area contributed by atoms with Gasteiger partial charge >= 0.3 is 0 Å². The number of nitrogens with zero attached hydrogens (tertiary/aromatic N) is 4. The number of hydrogen-bond acceptors (Lipinski definition) is 8. The number of aromatic nitrogens is 3. The topological polar surface area (TPSA) is 107 Å². The average molecular weight is 503 g/mol. The standard InChI is InChI=1S/C26H25N5O4S/c1-16-29(2)28-26(36)30(16)18-8-5-7-17(13-18)27-15-35-20-10-6-9-19(14-20)31-22-12-4-3-11-21(22)24(32)23(31)25(33)34/h3-14,23-24,27,32H,15H2,1-2H3,(H-,28,33,34,36)/p-1. The van der Waals surface area contributed by atoms with E-state index in [1.54, 1.807) is 58.1 Å². The van der Waals surface area contributed by atoms with Crippen LogP contribution in [0.1, 0.15) is 17.5 Å². The summed E-state index contributed by atoms with van der Waals surface area (Å²) < 4.78 is 9.54. The number of fused-ring (bicyclic) bond motifs is 1. The molecule has 9 nitrogen and oxygen atoms in total. The Kier molecular flexibility index (Phi) is 6.21. The average Bonchev–Trinajstić information content (AvgIpc) is 3.31. The van der Waals surface area contributed by atoms with E-state index in [2.05, 4.69) is 10.4 Å². The van der Waals surface area contributed by atoms with E-state index in [0.29, 0.717) is 27.8 Å². The van der Waals surface area contributed by atoms with Crippen molar-refractivity contribution in [3.05, 3.63) is 84.2 Å². The van der Waals surface area contributed by atoms with Gasteiger partial charge < -0.3 is 42.6 Å². The molecule has 0 spiro atoms. The van der Waals surface area contributed by atoms with Gasteiger partial charge in [-0.25, -0.2) is 4.57 Å². The molecule has 2 unspecified atom stereocenters. The summed E-state index contributed by atoms with van der Waals surface area (Å²) in [6.45, 7) is 2.12. The van der Waals surface area contributed by atoms with Crippen molar-refractivity contribution >= 4 is 35.7 Å². The summed E-state index contributed by atoms with van der Waals surface area (Å²) in [6.07, 6.45) is -1.19. The molecule has 1 aliphatic heterocycles. The molecule has 0 fully saturated rings. The summed E-state index contributed by atoms with van der Waals surface area (Å²) in [5.41, 5.74) is 3.47. The Hall–Kier alpha value is -4.15. The number of carboxylic acids is 1. The van der Waals surface area contributed by atoms with E-state index in [-0.39, 0.29) is 6.73 Å². The van der Waals surface area contributed by atoms with Crippen LogP contribution in [0, 0.1) is 6.92 Å². The molecule has 0 amide bonds. The van der Waals surface area contributed by atoms with Gasteiger partial charge in [0.2, 0.25) is 5.82 Å². The van der Waals surface area contributed by atoms with Crippen molar-refractivity contribution in [3.8, 4) is 11.4 Å². The zero-order valence-electron chi connectivity index (χ0n) is 19.7. The Morgan fingerprint density at radius 1 is 1.17 bits per heavy atom. The number of aliphatic hydroxyl groups is 1. The molecule has 1 aromatic heterocycles. The summed E-state index contributed by atoms with van der Waals surface area (Å²) in [4.78, 5) is 13.5. The summed E-state index contributed by atoms with van der Waals surface area (Å²) in [5.74, 6) is 0.0988. The first-order valence-corrected chi connectivity index (χ1v) is 11.7. The number of rotatable bonds is 7. The maximum atomic E-state index is 11.9. The molecule has 0 saturated heterocycles. The lowest BCUT2D eigenvalue weighted by Crippen LogP contribution is -2.46. The Balaban J connectivity index is 1.32. The number of carbonyl (C=O) groups excluding carboxylic acids is 1. The van der Waals surface area contributed by atoms with Gasteiger partial charge in [0.05, 0.1) is 13.0 Å². The Morgan fingerprint density at radius 2 is 1.94 bits per heavy atom. The highest BCUT2D eigenvalue weighted by Gasteiger charge is 2.39. The molecule has 0 radical (unpaired) electrons. The highest BCUT2D eigenvalue weighted by atomic mass is 32.1. The number of ether oxygens (including phenoxy) is 1. The lowest BCUT2D eigenvalue weighted by Gasteiger charge is -2.29. The minimum absolute atomic E-state index is 0.174. The third-order valence-corrected chi connectivity index (χ3v) is 6.53. The van der Waals surface area contributed by atoms with Crippen LogP contribution in [0.15, 0.2) is 78.0 Å². The molecule has 10 heteroatoms. The van der Waals surface area contributed by atoms with Gasteiger partial charge in [0.1, 0.15) is 23.6 Å². The number of anilines is 3. The first-order chi connectivity index (χ1) is 17.3. The van der Waals surface area contributed by atoms with Crippen molar-refractivity contribution in [1.29, 1.82) is 0 Å². The number of carbonyl (C=O) groups is 1. The predicted octanol–water partition coefficient (Wildman–Crippen LogP) is 1.66. The van der Waals surface area contributed by atoms with Crippen molar-refractivity contribution in [3.63, 3.8) is 0 Å². The third-order valence-electron chi connectivity index (χ3n) is 6.27. The van der Waals surface area contributed by atoms with Gasteiger partial charge in [0.15, 0.2) is 11.9 Å². The second kappa shape index (κ2) is 9.48. The van der Waals surface area contributed by atoms with Crippen LogP contribution in [0.2, 0.25) is 0 Å². The fourth-order valence-corrected chi connectivity index (χ4v) is 4.82. The number of aliphatic hydroxyl groups excluding tert-OH is 1. The Bertz CT molecular complexity index is 1440. The molecule has 5 rings (SSSR count). The van der Waals surface area contributed by atoms with Crippen LogP contribution >= 0.6 is 0 Å². The van der Waals surface area contributed by atoms with E-state index in [4.69, 9.17) is 17.4 Å². The van der Waals surface area contributed by atoms with Gasteiger partial charge in [-0.15, -0.1) is 4.68 Å². The first kappa shape index (κ1) is 23.6. The number of aliphatic carboxylic acids is 1. The fourth-order valence-electron chi connectivity index (χ4n) is 4.46. The largest absolute Gasteiger partial charge is 0.702 e.